The largest absolute Gasteiger partial charge is 0.389 e. The lowest BCUT2D eigenvalue weighted by molar-refractivity contribution is 0.0140. The summed E-state index contributed by atoms with van der Waals surface area (Å²) in [5.41, 5.74) is -0.639. The summed E-state index contributed by atoms with van der Waals surface area (Å²) in [7, 11) is 0. The molecule has 1 heterocycles. The van der Waals surface area contributed by atoms with Crippen LogP contribution in [-0.2, 0) is 6.54 Å². The first-order valence-electron chi connectivity index (χ1n) is 5.26. The van der Waals surface area contributed by atoms with Crippen LogP contribution in [0, 0.1) is 12.8 Å². The molecule has 0 spiro atoms. The second kappa shape index (κ2) is 5.05. The Kier molecular flexibility index (Phi) is 4.25. The summed E-state index contributed by atoms with van der Waals surface area (Å²) in [4.78, 5) is 5.40. The van der Waals surface area contributed by atoms with Gasteiger partial charge in [0.1, 0.15) is 0 Å². The molecule has 4 heteroatoms. The minimum atomic E-state index is -0.639. The fraction of sp³-hybridized carbons (Fsp3) is 0.727. The average molecular weight is 228 g/mol. The second-order valence-corrected chi connectivity index (χ2v) is 5.78. The van der Waals surface area contributed by atoms with Gasteiger partial charge in [0.05, 0.1) is 10.6 Å². The molecule has 1 rings (SSSR count). The van der Waals surface area contributed by atoms with E-state index >= 15 is 0 Å². The molecule has 0 saturated heterocycles. The van der Waals surface area contributed by atoms with Crippen LogP contribution in [0.3, 0.4) is 0 Å². The van der Waals surface area contributed by atoms with Gasteiger partial charge >= 0.3 is 0 Å². The zero-order valence-corrected chi connectivity index (χ0v) is 10.7. The van der Waals surface area contributed by atoms with E-state index in [1.165, 1.54) is 4.88 Å². The highest BCUT2D eigenvalue weighted by molar-refractivity contribution is 7.11. The SMILES string of the molecule is Cc1ncc(CNCC(C)(O)C(C)C)s1. The number of hydrogen-bond donors (Lipinski definition) is 2. The van der Waals surface area contributed by atoms with Crippen LogP contribution in [0.2, 0.25) is 0 Å². The van der Waals surface area contributed by atoms with Gasteiger partial charge in [0.2, 0.25) is 0 Å². The molecule has 15 heavy (non-hydrogen) atoms. The molecule has 1 unspecified atom stereocenters. The molecule has 0 aliphatic carbocycles. The highest BCUT2D eigenvalue weighted by Crippen LogP contribution is 2.15. The third-order valence-electron chi connectivity index (χ3n) is 2.70. The van der Waals surface area contributed by atoms with Crippen molar-refractivity contribution in [3.05, 3.63) is 16.1 Å². The molecule has 1 aromatic heterocycles. The molecular weight excluding hydrogens is 208 g/mol. The van der Waals surface area contributed by atoms with Crippen molar-refractivity contribution in [3.8, 4) is 0 Å². The zero-order valence-electron chi connectivity index (χ0n) is 9.87. The fourth-order valence-electron chi connectivity index (χ4n) is 1.13. The molecule has 1 aromatic rings. The summed E-state index contributed by atoms with van der Waals surface area (Å²) in [6.45, 7) is 9.31. The summed E-state index contributed by atoms with van der Waals surface area (Å²) in [6.07, 6.45) is 1.89. The van der Waals surface area contributed by atoms with Crippen LogP contribution in [-0.4, -0.2) is 22.2 Å². The Morgan fingerprint density at radius 2 is 2.27 bits per heavy atom. The van der Waals surface area contributed by atoms with Crippen LogP contribution in [0.15, 0.2) is 6.20 Å². The molecule has 86 valence electrons. The Hall–Kier alpha value is -0.450. The lowest BCUT2D eigenvalue weighted by atomic mass is 9.93. The van der Waals surface area contributed by atoms with Crippen LogP contribution in [0.5, 0.6) is 0 Å². The summed E-state index contributed by atoms with van der Waals surface area (Å²) < 4.78 is 0. The molecule has 0 aliphatic rings. The lowest BCUT2D eigenvalue weighted by Crippen LogP contribution is -2.41. The smallest absolute Gasteiger partial charge is 0.0897 e. The van der Waals surface area contributed by atoms with Crippen molar-refractivity contribution in [3.63, 3.8) is 0 Å². The highest BCUT2D eigenvalue weighted by atomic mass is 32.1. The predicted molar refractivity (Wildman–Crippen MR) is 64.0 cm³/mol. The van der Waals surface area contributed by atoms with Gasteiger partial charge in [0.15, 0.2) is 0 Å². The highest BCUT2D eigenvalue weighted by Gasteiger charge is 2.23. The van der Waals surface area contributed by atoms with Crippen LogP contribution in [0.4, 0.5) is 0 Å². The van der Waals surface area contributed by atoms with Crippen molar-refractivity contribution in [2.45, 2.75) is 39.8 Å². The number of aryl methyl sites for hydroxylation is 1. The van der Waals surface area contributed by atoms with E-state index in [1.807, 2.05) is 33.9 Å². The van der Waals surface area contributed by atoms with Gasteiger partial charge in [-0.2, -0.15) is 0 Å². The van der Waals surface area contributed by atoms with E-state index in [9.17, 15) is 5.11 Å². The topological polar surface area (TPSA) is 45.2 Å². The number of nitrogens with one attached hydrogen (secondary N) is 1. The molecule has 0 radical (unpaired) electrons. The summed E-state index contributed by atoms with van der Waals surface area (Å²) in [5, 5.41) is 14.3. The van der Waals surface area contributed by atoms with Gasteiger partial charge < -0.3 is 10.4 Å². The number of rotatable bonds is 5. The van der Waals surface area contributed by atoms with Gasteiger partial charge in [0.25, 0.3) is 0 Å². The van der Waals surface area contributed by atoms with E-state index in [0.29, 0.717) is 6.54 Å². The molecule has 2 N–H and O–H groups in total. The monoisotopic (exact) mass is 228 g/mol. The van der Waals surface area contributed by atoms with E-state index in [1.54, 1.807) is 11.3 Å². The Labute approximate surface area is 95.6 Å². The number of nitrogens with zero attached hydrogens (tertiary/aromatic N) is 1. The molecule has 0 aromatic carbocycles. The quantitative estimate of drug-likeness (QED) is 0.809. The van der Waals surface area contributed by atoms with Crippen LogP contribution in [0.25, 0.3) is 0 Å². The van der Waals surface area contributed by atoms with Gasteiger partial charge in [-0.3, -0.25) is 0 Å². The maximum absolute atomic E-state index is 10.0. The first-order valence-corrected chi connectivity index (χ1v) is 6.08. The van der Waals surface area contributed by atoms with Crippen molar-refractivity contribution in [1.82, 2.24) is 10.3 Å². The standard InChI is InChI=1S/C11H20N2OS/c1-8(2)11(4,14)7-12-5-10-6-13-9(3)15-10/h6,8,12,14H,5,7H2,1-4H3. The molecule has 0 amide bonds. The molecule has 0 fully saturated rings. The van der Waals surface area contributed by atoms with Crippen molar-refractivity contribution in [2.24, 2.45) is 5.92 Å². The normalized spacial score (nSPS) is 15.6. The van der Waals surface area contributed by atoms with E-state index in [4.69, 9.17) is 0 Å². The molecule has 0 saturated carbocycles. The Balaban J connectivity index is 2.33. The van der Waals surface area contributed by atoms with Crippen LogP contribution >= 0.6 is 11.3 Å². The molecule has 3 nitrogen and oxygen atoms in total. The molecular formula is C11H20N2OS. The van der Waals surface area contributed by atoms with Crippen molar-refractivity contribution in [1.29, 1.82) is 0 Å². The Morgan fingerprint density at radius 1 is 1.60 bits per heavy atom. The van der Waals surface area contributed by atoms with Crippen LogP contribution in [0.1, 0.15) is 30.7 Å². The minimum absolute atomic E-state index is 0.258. The minimum Gasteiger partial charge on any atom is -0.389 e. The summed E-state index contributed by atoms with van der Waals surface area (Å²) in [5.74, 6) is 0.258. The average Bonchev–Trinajstić information content (AvgIpc) is 2.51. The van der Waals surface area contributed by atoms with E-state index in [0.717, 1.165) is 11.6 Å². The fourth-order valence-corrected chi connectivity index (χ4v) is 1.89. The number of aromatic nitrogens is 1. The lowest BCUT2D eigenvalue weighted by Gasteiger charge is -2.27. The number of hydrogen-bond acceptors (Lipinski definition) is 4. The van der Waals surface area contributed by atoms with Gasteiger partial charge in [-0.1, -0.05) is 13.8 Å². The summed E-state index contributed by atoms with van der Waals surface area (Å²) in [6, 6.07) is 0. The second-order valence-electron chi connectivity index (χ2n) is 4.46. The van der Waals surface area contributed by atoms with Crippen LogP contribution < -0.4 is 5.32 Å². The summed E-state index contributed by atoms with van der Waals surface area (Å²) >= 11 is 1.69. The van der Waals surface area contributed by atoms with Gasteiger partial charge in [-0.25, -0.2) is 4.98 Å². The van der Waals surface area contributed by atoms with E-state index < -0.39 is 5.60 Å². The van der Waals surface area contributed by atoms with E-state index in [-0.39, 0.29) is 5.92 Å². The van der Waals surface area contributed by atoms with Crippen molar-refractivity contribution in [2.75, 3.05) is 6.54 Å². The molecule has 0 aliphatic heterocycles. The first-order chi connectivity index (χ1) is 6.92. The maximum atomic E-state index is 10.0. The zero-order chi connectivity index (χ0) is 11.5. The van der Waals surface area contributed by atoms with E-state index in [2.05, 4.69) is 10.3 Å². The van der Waals surface area contributed by atoms with Crippen molar-refractivity contribution < 1.29 is 5.11 Å². The Bertz CT molecular complexity index is 307. The predicted octanol–water partition coefficient (Wildman–Crippen LogP) is 1.95. The third kappa shape index (κ3) is 3.89. The first kappa shape index (κ1) is 12.6. The van der Waals surface area contributed by atoms with Gasteiger partial charge in [-0.05, 0) is 19.8 Å². The molecule has 1 atom stereocenters. The van der Waals surface area contributed by atoms with Crippen molar-refractivity contribution >= 4 is 11.3 Å². The molecule has 0 bridgehead atoms. The van der Waals surface area contributed by atoms with Gasteiger partial charge in [0, 0.05) is 24.2 Å². The number of thiazole rings is 1. The van der Waals surface area contributed by atoms with Gasteiger partial charge in [-0.15, -0.1) is 11.3 Å². The third-order valence-corrected chi connectivity index (χ3v) is 3.61. The Morgan fingerprint density at radius 3 is 2.73 bits per heavy atom. The maximum Gasteiger partial charge on any atom is 0.0897 e. The number of aliphatic hydroxyl groups is 1.